The van der Waals surface area contributed by atoms with Crippen LogP contribution in [0.15, 0.2) is 54.0 Å². The van der Waals surface area contributed by atoms with E-state index in [4.69, 9.17) is 10.5 Å². The summed E-state index contributed by atoms with van der Waals surface area (Å²) in [6, 6.07) is 12.8. The molecule has 3 N–H and O–H groups in total. The highest BCUT2D eigenvalue weighted by atomic mass is 19.1. The number of nitrogens with two attached hydrogens (primary N) is 1. The maximum absolute atomic E-state index is 14.1. The van der Waals surface area contributed by atoms with E-state index in [-0.39, 0.29) is 11.1 Å². The molecule has 1 heterocycles. The van der Waals surface area contributed by atoms with Crippen LogP contribution in [0.1, 0.15) is 17.0 Å². The molecular formula is C16H11FN2O2. The van der Waals surface area contributed by atoms with Crippen LogP contribution in [0.3, 0.4) is 0 Å². The van der Waals surface area contributed by atoms with E-state index in [9.17, 15) is 14.8 Å². The zero-order valence-corrected chi connectivity index (χ0v) is 10.9. The van der Waals surface area contributed by atoms with Gasteiger partial charge in [-0.3, -0.25) is 0 Å². The Morgan fingerprint density at radius 2 is 1.95 bits per heavy atom. The lowest BCUT2D eigenvalue weighted by Gasteiger charge is -2.25. The number of aliphatic hydroxyl groups is 1. The molecule has 0 aliphatic carbocycles. The van der Waals surface area contributed by atoms with Crippen molar-refractivity contribution in [2.45, 2.75) is 5.92 Å². The maximum atomic E-state index is 14.1. The fraction of sp³-hybridized carbons (Fsp3) is 0.0625. The van der Waals surface area contributed by atoms with Crippen LogP contribution < -0.4 is 10.5 Å². The van der Waals surface area contributed by atoms with Gasteiger partial charge in [0.05, 0.1) is 5.92 Å². The van der Waals surface area contributed by atoms with E-state index in [1.807, 2.05) is 6.07 Å². The van der Waals surface area contributed by atoms with Crippen LogP contribution >= 0.6 is 0 Å². The van der Waals surface area contributed by atoms with Crippen LogP contribution in [0.25, 0.3) is 0 Å². The van der Waals surface area contributed by atoms with Crippen LogP contribution in [-0.4, -0.2) is 5.11 Å². The number of aliphatic hydroxyl groups excluding tert-OH is 1. The third-order valence-corrected chi connectivity index (χ3v) is 3.41. The summed E-state index contributed by atoms with van der Waals surface area (Å²) in [5, 5.41) is 19.2. The van der Waals surface area contributed by atoms with E-state index in [2.05, 4.69) is 0 Å². The molecule has 0 unspecified atom stereocenters. The summed E-state index contributed by atoms with van der Waals surface area (Å²) in [4.78, 5) is 0. The van der Waals surface area contributed by atoms with E-state index in [1.54, 1.807) is 36.4 Å². The molecule has 1 atom stereocenters. The molecule has 2 aromatic rings. The topological polar surface area (TPSA) is 79.3 Å². The van der Waals surface area contributed by atoms with Gasteiger partial charge in [-0.25, -0.2) is 4.39 Å². The number of anilines is 1. The molecule has 3 rings (SSSR count). The second-order valence-corrected chi connectivity index (χ2v) is 4.68. The summed E-state index contributed by atoms with van der Waals surface area (Å²) >= 11 is 0. The van der Waals surface area contributed by atoms with Crippen molar-refractivity contribution in [3.05, 3.63) is 70.9 Å². The summed E-state index contributed by atoms with van der Waals surface area (Å²) in [5.41, 5.74) is 7.04. The van der Waals surface area contributed by atoms with Crippen molar-refractivity contribution in [2.75, 3.05) is 5.73 Å². The predicted octanol–water partition coefficient (Wildman–Crippen LogP) is 3.23. The van der Waals surface area contributed by atoms with Crippen molar-refractivity contribution in [1.82, 2.24) is 0 Å². The first-order valence-electron chi connectivity index (χ1n) is 6.26. The number of hydrogen-bond donors (Lipinski definition) is 2. The molecule has 5 heteroatoms. The molecule has 2 aromatic carbocycles. The van der Waals surface area contributed by atoms with E-state index in [1.165, 1.54) is 6.07 Å². The van der Waals surface area contributed by atoms with Crippen LogP contribution in [0.2, 0.25) is 0 Å². The standard InChI is InChI=1S/C16H11FN2O2/c17-13-4-2-1-3-10(13)15-11-7-9(19)5-6-14(11)21-16(20)12(15)8-18/h1-7,15,20H,19H2/t15-/m0/s1. The van der Waals surface area contributed by atoms with Crippen LogP contribution in [-0.2, 0) is 0 Å². The Bertz CT molecular complexity index is 793. The highest BCUT2D eigenvalue weighted by molar-refractivity contribution is 5.59. The van der Waals surface area contributed by atoms with Gasteiger partial charge in [0.1, 0.15) is 23.2 Å². The van der Waals surface area contributed by atoms with Gasteiger partial charge in [-0.1, -0.05) is 18.2 Å². The van der Waals surface area contributed by atoms with Crippen LogP contribution in [0, 0.1) is 17.1 Å². The first-order valence-corrected chi connectivity index (χ1v) is 6.26. The van der Waals surface area contributed by atoms with Gasteiger partial charge in [0, 0.05) is 16.8 Å². The Morgan fingerprint density at radius 3 is 2.67 bits per heavy atom. The van der Waals surface area contributed by atoms with Crippen molar-refractivity contribution in [2.24, 2.45) is 0 Å². The number of rotatable bonds is 1. The number of hydrogen-bond acceptors (Lipinski definition) is 4. The van der Waals surface area contributed by atoms with Crippen molar-refractivity contribution in [1.29, 1.82) is 5.26 Å². The van der Waals surface area contributed by atoms with Gasteiger partial charge in [0.15, 0.2) is 0 Å². The predicted molar refractivity (Wildman–Crippen MR) is 75.0 cm³/mol. The van der Waals surface area contributed by atoms with Gasteiger partial charge in [-0.2, -0.15) is 5.26 Å². The quantitative estimate of drug-likeness (QED) is 0.787. The first kappa shape index (κ1) is 13.0. The van der Waals surface area contributed by atoms with Gasteiger partial charge in [0.25, 0.3) is 5.95 Å². The minimum Gasteiger partial charge on any atom is -0.480 e. The Morgan fingerprint density at radius 1 is 1.19 bits per heavy atom. The third kappa shape index (κ3) is 2.07. The maximum Gasteiger partial charge on any atom is 0.297 e. The molecule has 0 fully saturated rings. The minimum atomic E-state index is -0.747. The SMILES string of the molecule is N#CC1=C(O)Oc2ccc(N)cc2[C@@H]1c1ccccc1F. The zero-order valence-electron chi connectivity index (χ0n) is 10.9. The zero-order chi connectivity index (χ0) is 15.0. The molecule has 0 saturated carbocycles. The fourth-order valence-electron chi connectivity index (χ4n) is 2.47. The van der Waals surface area contributed by atoms with E-state index in [0.29, 0.717) is 17.0 Å². The number of benzene rings is 2. The van der Waals surface area contributed by atoms with Gasteiger partial charge in [-0.15, -0.1) is 0 Å². The molecule has 1 aliphatic rings. The Hall–Kier alpha value is -3.00. The third-order valence-electron chi connectivity index (χ3n) is 3.41. The molecule has 0 saturated heterocycles. The molecule has 1 aliphatic heterocycles. The van der Waals surface area contributed by atoms with Crippen molar-refractivity contribution >= 4 is 5.69 Å². The second-order valence-electron chi connectivity index (χ2n) is 4.68. The van der Waals surface area contributed by atoms with Crippen LogP contribution in [0.5, 0.6) is 5.75 Å². The molecule has 21 heavy (non-hydrogen) atoms. The number of ether oxygens (including phenoxy) is 1. The Balaban J connectivity index is 2.28. The summed E-state index contributed by atoms with van der Waals surface area (Å²) in [5.74, 6) is -1.36. The van der Waals surface area contributed by atoms with Crippen molar-refractivity contribution < 1.29 is 14.2 Å². The normalized spacial score (nSPS) is 16.9. The fourth-order valence-corrected chi connectivity index (χ4v) is 2.47. The van der Waals surface area contributed by atoms with E-state index < -0.39 is 17.7 Å². The smallest absolute Gasteiger partial charge is 0.297 e. The minimum absolute atomic E-state index is 0.0433. The van der Waals surface area contributed by atoms with E-state index in [0.717, 1.165) is 0 Å². The molecule has 0 spiro atoms. The second kappa shape index (κ2) is 4.84. The number of halogens is 1. The first-order chi connectivity index (χ1) is 10.1. The number of nitrogens with zero attached hydrogens (tertiary/aromatic N) is 1. The summed E-state index contributed by atoms with van der Waals surface area (Å²) < 4.78 is 19.3. The van der Waals surface area contributed by atoms with Gasteiger partial charge in [-0.05, 0) is 24.3 Å². The molecular weight excluding hydrogens is 271 g/mol. The number of nitrogen functional groups attached to an aromatic ring is 1. The summed E-state index contributed by atoms with van der Waals surface area (Å²) in [6.07, 6.45) is 0. The van der Waals surface area contributed by atoms with Crippen molar-refractivity contribution in [3.63, 3.8) is 0 Å². The van der Waals surface area contributed by atoms with Gasteiger partial charge in [0.2, 0.25) is 0 Å². The summed E-state index contributed by atoms with van der Waals surface area (Å²) in [7, 11) is 0. The molecule has 0 radical (unpaired) electrons. The highest BCUT2D eigenvalue weighted by Crippen LogP contribution is 2.43. The molecule has 0 bridgehead atoms. The average molecular weight is 282 g/mol. The molecule has 4 nitrogen and oxygen atoms in total. The lowest BCUT2D eigenvalue weighted by molar-refractivity contribution is 0.194. The van der Waals surface area contributed by atoms with E-state index >= 15 is 0 Å². The molecule has 0 amide bonds. The Labute approximate surface area is 120 Å². The highest BCUT2D eigenvalue weighted by Gasteiger charge is 2.33. The molecule has 0 aromatic heterocycles. The average Bonchev–Trinajstić information content (AvgIpc) is 2.47. The van der Waals surface area contributed by atoms with Crippen LogP contribution in [0.4, 0.5) is 10.1 Å². The van der Waals surface area contributed by atoms with Gasteiger partial charge >= 0.3 is 0 Å². The van der Waals surface area contributed by atoms with Gasteiger partial charge < -0.3 is 15.6 Å². The lowest BCUT2D eigenvalue weighted by atomic mass is 9.83. The number of allylic oxidation sites excluding steroid dienone is 1. The number of fused-ring (bicyclic) bond motifs is 1. The largest absolute Gasteiger partial charge is 0.480 e. The molecule has 104 valence electrons. The lowest BCUT2D eigenvalue weighted by Crippen LogP contribution is -2.17. The number of nitriles is 1. The van der Waals surface area contributed by atoms with Crippen molar-refractivity contribution in [3.8, 4) is 11.8 Å². The summed E-state index contributed by atoms with van der Waals surface area (Å²) in [6.45, 7) is 0. The monoisotopic (exact) mass is 282 g/mol. The Kier molecular flexibility index (Phi) is 2.99.